The highest BCUT2D eigenvalue weighted by molar-refractivity contribution is 5.95. The van der Waals surface area contributed by atoms with Crippen molar-refractivity contribution in [1.29, 1.82) is 0 Å². The van der Waals surface area contributed by atoms with Crippen molar-refractivity contribution in [3.05, 3.63) is 12.2 Å². The van der Waals surface area contributed by atoms with Crippen LogP contribution in [0.15, 0.2) is 12.2 Å². The van der Waals surface area contributed by atoms with E-state index in [2.05, 4.69) is 11.3 Å². The molecule has 0 aromatic heterocycles. The average Bonchev–Trinajstić information content (AvgIpc) is 2.86. The maximum Gasteiger partial charge on any atom is 0.331 e. The van der Waals surface area contributed by atoms with E-state index in [1.54, 1.807) is 0 Å². The molecule has 1 unspecified atom stereocenters. The van der Waals surface area contributed by atoms with Crippen LogP contribution in [0, 0.1) is 5.41 Å². The fourth-order valence-corrected chi connectivity index (χ4v) is 1.91. The van der Waals surface area contributed by atoms with Crippen molar-refractivity contribution in [2.75, 3.05) is 7.11 Å². The topological polar surface area (TPSA) is 52.3 Å². The quantitative estimate of drug-likeness (QED) is 0.432. The molecule has 0 radical (unpaired) electrons. The lowest BCUT2D eigenvalue weighted by molar-refractivity contribution is -0.143. The second-order valence-corrected chi connectivity index (χ2v) is 3.36. The van der Waals surface area contributed by atoms with Crippen LogP contribution in [-0.2, 0) is 9.53 Å². The van der Waals surface area contributed by atoms with Gasteiger partial charge in [-0.2, -0.15) is 0 Å². The molecule has 0 aromatic rings. The average molecular weight is 153 g/mol. The van der Waals surface area contributed by atoms with Gasteiger partial charge in [-0.25, -0.2) is 4.79 Å². The molecule has 2 N–H and O–H groups in total. The van der Waals surface area contributed by atoms with Crippen LogP contribution in [0.3, 0.4) is 0 Å². The number of esters is 1. The van der Waals surface area contributed by atoms with Crippen LogP contribution < -0.4 is 5.73 Å². The molecule has 2 saturated carbocycles. The molecule has 2 aliphatic carbocycles. The Kier molecular flexibility index (Phi) is 0.937. The summed E-state index contributed by atoms with van der Waals surface area (Å²) in [6.07, 6.45) is 1.99. The number of ether oxygens (including phenoxy) is 1. The van der Waals surface area contributed by atoms with Crippen LogP contribution in [0.5, 0.6) is 0 Å². The summed E-state index contributed by atoms with van der Waals surface area (Å²) < 4.78 is 4.60. The number of carbonyl (C=O) groups is 1. The molecular formula is C8H11NO2. The van der Waals surface area contributed by atoms with Gasteiger partial charge in [-0.05, 0) is 18.4 Å². The van der Waals surface area contributed by atoms with E-state index in [9.17, 15) is 4.79 Å². The highest BCUT2D eigenvalue weighted by Gasteiger charge is 2.80. The van der Waals surface area contributed by atoms with E-state index >= 15 is 0 Å². The van der Waals surface area contributed by atoms with Gasteiger partial charge in [0.2, 0.25) is 0 Å². The third kappa shape index (κ3) is 0.485. The zero-order valence-electron chi connectivity index (χ0n) is 6.52. The molecule has 0 aromatic carbocycles. The Bertz CT molecular complexity index is 255. The maximum absolute atomic E-state index is 11.2. The standard InChI is InChI=1S/C8H11NO2/c1-5-7(3-4-7)8(5,9)6(10)11-2/h1,3-4,9H2,2H3. The maximum atomic E-state index is 11.2. The summed E-state index contributed by atoms with van der Waals surface area (Å²) in [6.45, 7) is 3.78. The van der Waals surface area contributed by atoms with Crippen molar-refractivity contribution >= 4 is 5.97 Å². The van der Waals surface area contributed by atoms with Gasteiger partial charge in [0.1, 0.15) is 5.54 Å². The van der Waals surface area contributed by atoms with Gasteiger partial charge in [0.15, 0.2) is 0 Å². The summed E-state index contributed by atoms with van der Waals surface area (Å²) in [4.78, 5) is 11.2. The molecule has 3 heteroatoms. The molecule has 60 valence electrons. The van der Waals surface area contributed by atoms with Gasteiger partial charge in [-0.1, -0.05) is 6.58 Å². The second-order valence-electron chi connectivity index (χ2n) is 3.36. The number of carbonyl (C=O) groups excluding carboxylic acids is 1. The van der Waals surface area contributed by atoms with E-state index in [4.69, 9.17) is 5.73 Å². The highest BCUT2D eigenvalue weighted by Crippen LogP contribution is 2.75. The van der Waals surface area contributed by atoms with Crippen molar-refractivity contribution in [3.8, 4) is 0 Å². The molecular weight excluding hydrogens is 142 g/mol. The summed E-state index contributed by atoms with van der Waals surface area (Å²) >= 11 is 0. The predicted octanol–water partition coefficient (Wildman–Crippen LogP) is 0.207. The Labute approximate surface area is 65.2 Å². The lowest BCUT2D eigenvalue weighted by Crippen LogP contribution is -2.37. The summed E-state index contributed by atoms with van der Waals surface area (Å²) in [7, 11) is 1.36. The minimum absolute atomic E-state index is 0.0555. The SMILES string of the molecule is C=C1C2(CC2)C1(N)C(=O)OC. The minimum atomic E-state index is -0.832. The first kappa shape index (κ1) is 6.85. The third-order valence-electron chi connectivity index (χ3n) is 3.00. The lowest BCUT2D eigenvalue weighted by Gasteiger charge is -2.05. The number of hydrogen-bond acceptors (Lipinski definition) is 3. The van der Waals surface area contributed by atoms with Crippen LogP contribution in [-0.4, -0.2) is 18.6 Å². The van der Waals surface area contributed by atoms with E-state index in [0.29, 0.717) is 0 Å². The van der Waals surface area contributed by atoms with Gasteiger partial charge in [0.25, 0.3) is 0 Å². The lowest BCUT2D eigenvalue weighted by atomic mass is 10.2. The van der Waals surface area contributed by atoms with Gasteiger partial charge in [0.05, 0.1) is 7.11 Å². The Balaban J connectivity index is 2.27. The largest absolute Gasteiger partial charge is 0.467 e. The van der Waals surface area contributed by atoms with Crippen molar-refractivity contribution in [3.63, 3.8) is 0 Å². The number of methoxy groups -OCH3 is 1. The van der Waals surface area contributed by atoms with E-state index in [0.717, 1.165) is 18.4 Å². The van der Waals surface area contributed by atoms with Gasteiger partial charge in [0, 0.05) is 5.41 Å². The third-order valence-corrected chi connectivity index (χ3v) is 3.00. The molecule has 0 saturated heterocycles. The van der Waals surface area contributed by atoms with E-state index < -0.39 is 5.54 Å². The molecule has 0 bridgehead atoms. The number of rotatable bonds is 1. The fourth-order valence-electron chi connectivity index (χ4n) is 1.91. The number of hydrogen-bond donors (Lipinski definition) is 1. The predicted molar refractivity (Wildman–Crippen MR) is 39.7 cm³/mol. The summed E-state index contributed by atoms with van der Waals surface area (Å²) in [6, 6.07) is 0. The molecule has 2 rings (SSSR count). The van der Waals surface area contributed by atoms with Gasteiger partial charge in [-0.15, -0.1) is 0 Å². The Morgan fingerprint density at radius 3 is 2.55 bits per heavy atom. The van der Waals surface area contributed by atoms with Gasteiger partial charge >= 0.3 is 5.97 Å². The van der Waals surface area contributed by atoms with Crippen molar-refractivity contribution in [1.82, 2.24) is 0 Å². The molecule has 0 heterocycles. The molecule has 1 atom stereocenters. The Morgan fingerprint density at radius 2 is 2.27 bits per heavy atom. The molecule has 1 spiro atoms. The van der Waals surface area contributed by atoms with Crippen molar-refractivity contribution < 1.29 is 9.53 Å². The number of nitrogens with two attached hydrogens (primary N) is 1. The molecule has 2 aliphatic rings. The minimum Gasteiger partial charge on any atom is -0.467 e. The molecule has 2 fully saturated rings. The van der Waals surface area contributed by atoms with E-state index in [1.165, 1.54) is 7.11 Å². The van der Waals surface area contributed by atoms with Crippen molar-refractivity contribution in [2.45, 2.75) is 18.4 Å². The molecule has 3 nitrogen and oxygen atoms in total. The summed E-state index contributed by atoms with van der Waals surface area (Å²) in [5.74, 6) is -0.333. The van der Waals surface area contributed by atoms with Crippen LogP contribution >= 0.6 is 0 Å². The van der Waals surface area contributed by atoms with E-state index in [1.807, 2.05) is 0 Å². The fraction of sp³-hybridized carbons (Fsp3) is 0.625. The normalized spacial score (nSPS) is 37.1. The molecule has 11 heavy (non-hydrogen) atoms. The zero-order valence-corrected chi connectivity index (χ0v) is 6.52. The van der Waals surface area contributed by atoms with Gasteiger partial charge in [-0.3, -0.25) is 0 Å². The van der Waals surface area contributed by atoms with Crippen LogP contribution in [0.25, 0.3) is 0 Å². The smallest absolute Gasteiger partial charge is 0.331 e. The summed E-state index contributed by atoms with van der Waals surface area (Å²) in [5, 5.41) is 0. The van der Waals surface area contributed by atoms with E-state index in [-0.39, 0.29) is 11.4 Å². The van der Waals surface area contributed by atoms with Gasteiger partial charge < -0.3 is 10.5 Å². The first-order valence-corrected chi connectivity index (χ1v) is 3.67. The van der Waals surface area contributed by atoms with Crippen LogP contribution in [0.1, 0.15) is 12.8 Å². The van der Waals surface area contributed by atoms with Crippen LogP contribution in [0.2, 0.25) is 0 Å². The first-order chi connectivity index (χ1) is 5.09. The van der Waals surface area contributed by atoms with Crippen molar-refractivity contribution in [2.24, 2.45) is 11.1 Å². The zero-order chi connectivity index (χ0) is 8.28. The Hall–Kier alpha value is -0.830. The Morgan fingerprint density at radius 1 is 1.73 bits per heavy atom. The van der Waals surface area contributed by atoms with Crippen LogP contribution in [0.4, 0.5) is 0 Å². The second kappa shape index (κ2) is 1.50. The first-order valence-electron chi connectivity index (χ1n) is 3.67. The monoisotopic (exact) mass is 153 g/mol. The highest BCUT2D eigenvalue weighted by atomic mass is 16.5. The summed E-state index contributed by atoms with van der Waals surface area (Å²) in [5.41, 5.74) is 5.78. The molecule has 0 aliphatic heterocycles. The molecule has 0 amide bonds.